The second-order valence-corrected chi connectivity index (χ2v) is 6.52. The van der Waals surface area contributed by atoms with Gasteiger partial charge in [-0.05, 0) is 43.8 Å². The molecule has 1 aromatic carbocycles. The van der Waals surface area contributed by atoms with E-state index in [-0.39, 0.29) is 5.91 Å². The molecule has 0 bridgehead atoms. The average molecular weight is 401 g/mol. The Morgan fingerprint density at radius 1 is 1.22 bits per heavy atom. The molecule has 1 aromatic rings. The Bertz CT molecular complexity index is 523. The monoisotopic (exact) mass is 400 g/mol. The van der Waals surface area contributed by atoms with Crippen LogP contribution in [0.4, 0.5) is 0 Å². The molecule has 1 rings (SSSR count). The number of nitrogens with one attached hydrogen (secondary N) is 2. The molecule has 0 aliphatic rings. The zero-order chi connectivity index (χ0) is 17.1. The predicted octanol–water partition coefficient (Wildman–Crippen LogP) is 4.42. The molecule has 0 aliphatic heterocycles. The molecule has 0 spiro atoms. The molecule has 0 unspecified atom stereocenters. The smallest absolute Gasteiger partial charge is 0.261 e. The Morgan fingerprint density at radius 3 is 2.65 bits per heavy atom. The highest BCUT2D eigenvalue weighted by atomic mass is 79.9. The molecular formula is C17H25BrN2O2S. The van der Waals surface area contributed by atoms with Crippen molar-refractivity contribution in [2.75, 3.05) is 13.2 Å². The zero-order valence-electron chi connectivity index (χ0n) is 13.8. The van der Waals surface area contributed by atoms with Gasteiger partial charge >= 0.3 is 0 Å². The first kappa shape index (κ1) is 19.9. The van der Waals surface area contributed by atoms with Crippen LogP contribution in [0.2, 0.25) is 0 Å². The normalized spacial score (nSPS) is 10.2. The van der Waals surface area contributed by atoms with Crippen LogP contribution in [0, 0.1) is 0 Å². The third-order valence-electron chi connectivity index (χ3n) is 3.28. The number of hydrogen-bond donors (Lipinski definition) is 2. The third kappa shape index (κ3) is 7.79. The maximum atomic E-state index is 12.3. The summed E-state index contributed by atoms with van der Waals surface area (Å²) in [5.74, 6) is 0.286. The number of carbonyl (C=O) groups is 1. The van der Waals surface area contributed by atoms with Gasteiger partial charge in [-0.25, -0.2) is 0 Å². The molecule has 2 N–H and O–H groups in total. The summed E-state index contributed by atoms with van der Waals surface area (Å²) in [6.45, 7) is 5.36. The van der Waals surface area contributed by atoms with Crippen molar-refractivity contribution in [3.63, 3.8) is 0 Å². The van der Waals surface area contributed by atoms with Gasteiger partial charge < -0.3 is 10.1 Å². The highest BCUT2D eigenvalue weighted by Gasteiger charge is 2.14. The minimum atomic E-state index is -0.266. The Hall–Kier alpha value is -1.14. The SMILES string of the molecule is CCCCCCCNC(=S)NC(=O)c1cc(Br)ccc1OCC. The molecule has 0 atom stereocenters. The Kier molecular flexibility index (Phi) is 9.87. The first-order valence-corrected chi connectivity index (χ1v) is 9.30. The first-order valence-electron chi connectivity index (χ1n) is 8.10. The van der Waals surface area contributed by atoms with Crippen molar-refractivity contribution in [3.8, 4) is 5.75 Å². The van der Waals surface area contributed by atoms with Gasteiger partial charge in [-0.3, -0.25) is 10.1 Å². The van der Waals surface area contributed by atoms with Crippen molar-refractivity contribution in [1.82, 2.24) is 10.6 Å². The van der Waals surface area contributed by atoms with E-state index < -0.39 is 0 Å². The highest BCUT2D eigenvalue weighted by molar-refractivity contribution is 9.10. The molecule has 128 valence electrons. The quantitative estimate of drug-likeness (QED) is 0.475. The van der Waals surface area contributed by atoms with E-state index >= 15 is 0 Å². The summed E-state index contributed by atoms with van der Waals surface area (Å²) >= 11 is 8.55. The summed E-state index contributed by atoms with van der Waals surface area (Å²) in [5, 5.41) is 6.13. The lowest BCUT2D eigenvalue weighted by molar-refractivity contribution is 0.0973. The van der Waals surface area contributed by atoms with Crippen LogP contribution in [0.15, 0.2) is 22.7 Å². The van der Waals surface area contributed by atoms with Gasteiger partial charge in [-0.15, -0.1) is 0 Å². The van der Waals surface area contributed by atoms with Gasteiger partial charge in [-0.2, -0.15) is 0 Å². The van der Waals surface area contributed by atoms with Crippen molar-refractivity contribution < 1.29 is 9.53 Å². The van der Waals surface area contributed by atoms with Crippen LogP contribution in [0.5, 0.6) is 5.75 Å². The van der Waals surface area contributed by atoms with E-state index in [4.69, 9.17) is 17.0 Å². The van der Waals surface area contributed by atoms with Crippen molar-refractivity contribution >= 4 is 39.2 Å². The van der Waals surface area contributed by atoms with E-state index in [1.807, 2.05) is 13.0 Å². The highest BCUT2D eigenvalue weighted by Crippen LogP contribution is 2.23. The van der Waals surface area contributed by atoms with Crippen LogP contribution < -0.4 is 15.4 Å². The largest absolute Gasteiger partial charge is 0.493 e. The molecule has 0 aromatic heterocycles. The number of rotatable bonds is 9. The topological polar surface area (TPSA) is 50.4 Å². The van der Waals surface area contributed by atoms with Crippen LogP contribution in [-0.2, 0) is 0 Å². The van der Waals surface area contributed by atoms with Crippen LogP contribution in [0.3, 0.4) is 0 Å². The van der Waals surface area contributed by atoms with E-state index in [9.17, 15) is 4.79 Å². The maximum Gasteiger partial charge on any atom is 0.261 e. The summed E-state index contributed by atoms with van der Waals surface area (Å²) in [4.78, 5) is 12.3. The van der Waals surface area contributed by atoms with E-state index in [1.165, 1.54) is 25.7 Å². The van der Waals surface area contributed by atoms with Crippen LogP contribution in [-0.4, -0.2) is 24.2 Å². The standard InChI is InChI=1S/C17H25BrN2O2S/c1-3-5-6-7-8-11-19-17(23)20-16(21)14-12-13(18)9-10-15(14)22-4-2/h9-10,12H,3-8,11H2,1-2H3,(H2,19,20,21,23). The van der Waals surface area contributed by atoms with Crippen LogP contribution in [0.1, 0.15) is 56.3 Å². The zero-order valence-corrected chi connectivity index (χ0v) is 16.2. The van der Waals surface area contributed by atoms with E-state index in [0.29, 0.717) is 23.0 Å². The molecule has 0 heterocycles. The number of ether oxygens (including phenoxy) is 1. The van der Waals surface area contributed by atoms with Gasteiger partial charge in [0.1, 0.15) is 5.75 Å². The number of benzene rings is 1. The van der Waals surface area contributed by atoms with Gasteiger partial charge in [0.25, 0.3) is 5.91 Å². The number of carbonyl (C=O) groups excluding carboxylic acids is 1. The summed E-state index contributed by atoms with van der Waals surface area (Å²) in [5.41, 5.74) is 0.466. The number of halogens is 1. The van der Waals surface area contributed by atoms with Crippen LogP contribution >= 0.6 is 28.1 Å². The van der Waals surface area contributed by atoms with E-state index in [1.54, 1.807) is 12.1 Å². The fraction of sp³-hybridized carbons (Fsp3) is 0.529. The van der Waals surface area contributed by atoms with Crippen molar-refractivity contribution in [2.45, 2.75) is 46.0 Å². The second kappa shape index (κ2) is 11.4. The maximum absolute atomic E-state index is 12.3. The molecule has 4 nitrogen and oxygen atoms in total. The lowest BCUT2D eigenvalue weighted by Gasteiger charge is -2.12. The third-order valence-corrected chi connectivity index (χ3v) is 4.02. The Labute approximate surface area is 152 Å². The van der Waals surface area contributed by atoms with Crippen molar-refractivity contribution in [2.24, 2.45) is 0 Å². The van der Waals surface area contributed by atoms with E-state index in [2.05, 4.69) is 33.5 Å². The summed E-state index contributed by atoms with van der Waals surface area (Å²) in [6.07, 6.45) is 5.97. The number of amides is 1. The predicted molar refractivity (Wildman–Crippen MR) is 102 cm³/mol. The number of hydrogen-bond acceptors (Lipinski definition) is 3. The first-order chi connectivity index (χ1) is 11.1. The van der Waals surface area contributed by atoms with Gasteiger partial charge in [0, 0.05) is 11.0 Å². The Morgan fingerprint density at radius 2 is 1.96 bits per heavy atom. The van der Waals surface area contributed by atoms with Crippen molar-refractivity contribution in [1.29, 1.82) is 0 Å². The molecule has 0 aliphatic carbocycles. The van der Waals surface area contributed by atoms with E-state index in [0.717, 1.165) is 17.4 Å². The summed E-state index contributed by atoms with van der Waals surface area (Å²) in [7, 11) is 0. The fourth-order valence-corrected chi connectivity index (χ4v) is 2.66. The lowest BCUT2D eigenvalue weighted by Crippen LogP contribution is -2.39. The molecule has 0 saturated carbocycles. The molecule has 6 heteroatoms. The minimum Gasteiger partial charge on any atom is -0.493 e. The van der Waals surface area contributed by atoms with Gasteiger partial charge in [-0.1, -0.05) is 48.5 Å². The van der Waals surface area contributed by atoms with Gasteiger partial charge in [0.2, 0.25) is 0 Å². The molecule has 1 amide bonds. The molecule has 0 fully saturated rings. The molecule has 0 radical (unpaired) electrons. The molecule has 23 heavy (non-hydrogen) atoms. The number of unbranched alkanes of at least 4 members (excludes halogenated alkanes) is 4. The Balaban J connectivity index is 2.46. The van der Waals surface area contributed by atoms with Crippen LogP contribution in [0.25, 0.3) is 0 Å². The minimum absolute atomic E-state index is 0.266. The molecule has 0 saturated heterocycles. The van der Waals surface area contributed by atoms with Crippen molar-refractivity contribution in [3.05, 3.63) is 28.2 Å². The summed E-state index contributed by atoms with van der Waals surface area (Å²) < 4.78 is 6.31. The van der Waals surface area contributed by atoms with Gasteiger partial charge in [0.05, 0.1) is 12.2 Å². The lowest BCUT2D eigenvalue weighted by atomic mass is 10.1. The van der Waals surface area contributed by atoms with Gasteiger partial charge in [0.15, 0.2) is 5.11 Å². The number of thiocarbonyl (C=S) groups is 1. The molecular weight excluding hydrogens is 376 g/mol. The average Bonchev–Trinajstić information content (AvgIpc) is 2.52. The summed E-state index contributed by atoms with van der Waals surface area (Å²) in [6, 6.07) is 5.34. The fourth-order valence-electron chi connectivity index (χ4n) is 2.11. The second-order valence-electron chi connectivity index (χ2n) is 5.20.